The van der Waals surface area contributed by atoms with Crippen molar-refractivity contribution in [3.8, 4) is 0 Å². The van der Waals surface area contributed by atoms with Crippen molar-refractivity contribution in [2.75, 3.05) is 5.75 Å². The highest BCUT2D eigenvalue weighted by Gasteiger charge is 1.94. The topological polar surface area (TPSA) is 28.7 Å². The van der Waals surface area contributed by atoms with Crippen LogP contribution in [-0.4, -0.2) is 15.7 Å². The van der Waals surface area contributed by atoms with Crippen molar-refractivity contribution in [2.24, 2.45) is 0 Å². The van der Waals surface area contributed by atoms with Gasteiger partial charge in [0.1, 0.15) is 0 Å². The van der Waals surface area contributed by atoms with Crippen LogP contribution in [0.2, 0.25) is 0 Å². The van der Waals surface area contributed by atoms with Gasteiger partial charge in [-0.25, -0.2) is 4.98 Å². The molecular formula is C9H15N2S. The molecule has 0 atom stereocenters. The van der Waals surface area contributed by atoms with Gasteiger partial charge < -0.3 is 4.98 Å². The second-order valence-electron chi connectivity index (χ2n) is 2.66. The maximum atomic E-state index is 4.13. The van der Waals surface area contributed by atoms with E-state index in [1.165, 1.54) is 19.3 Å². The molecule has 1 radical (unpaired) electrons. The van der Waals surface area contributed by atoms with Gasteiger partial charge in [0, 0.05) is 18.1 Å². The van der Waals surface area contributed by atoms with Crippen LogP contribution in [-0.2, 0) is 0 Å². The molecular weight excluding hydrogens is 168 g/mol. The summed E-state index contributed by atoms with van der Waals surface area (Å²) in [4.78, 5) is 7.20. The lowest BCUT2D eigenvalue weighted by atomic mass is 10.2. The van der Waals surface area contributed by atoms with Crippen LogP contribution in [0.15, 0.2) is 17.6 Å². The molecule has 1 N–H and O–H groups in total. The lowest BCUT2D eigenvalue weighted by Crippen LogP contribution is -1.82. The van der Waals surface area contributed by atoms with E-state index < -0.39 is 0 Å². The minimum absolute atomic E-state index is 1.03. The minimum atomic E-state index is 1.03. The first-order chi connectivity index (χ1) is 5.93. The summed E-state index contributed by atoms with van der Waals surface area (Å²) in [5, 5.41) is 1.03. The third-order valence-corrected chi connectivity index (χ3v) is 2.60. The van der Waals surface area contributed by atoms with Gasteiger partial charge in [0.2, 0.25) is 0 Å². The molecule has 2 nitrogen and oxygen atoms in total. The average Bonchev–Trinajstić information content (AvgIpc) is 2.57. The molecule has 3 heteroatoms. The molecule has 0 bridgehead atoms. The van der Waals surface area contributed by atoms with Gasteiger partial charge in [-0.2, -0.15) is 0 Å². The number of nitrogens with zero attached hydrogens (tertiary/aromatic N) is 1. The fourth-order valence-electron chi connectivity index (χ4n) is 0.954. The summed E-state index contributed by atoms with van der Waals surface area (Å²) in [5.74, 6) is 1.16. The number of imidazole rings is 1. The number of unbranched alkanes of at least 4 members (excludes halogenated alkanes) is 3. The van der Waals surface area contributed by atoms with Gasteiger partial charge >= 0.3 is 0 Å². The predicted molar refractivity (Wildman–Crippen MR) is 53.1 cm³/mol. The average molecular weight is 183 g/mol. The zero-order valence-corrected chi connectivity index (χ0v) is 8.07. The number of rotatable bonds is 6. The van der Waals surface area contributed by atoms with E-state index in [0.29, 0.717) is 0 Å². The molecule has 0 saturated carbocycles. The van der Waals surface area contributed by atoms with Crippen molar-refractivity contribution in [3.05, 3.63) is 19.3 Å². The Bertz CT molecular complexity index is 184. The molecule has 0 aliphatic heterocycles. The van der Waals surface area contributed by atoms with Gasteiger partial charge in [0.25, 0.3) is 0 Å². The minimum Gasteiger partial charge on any atom is -0.340 e. The number of nitrogens with one attached hydrogen (secondary N) is 1. The van der Waals surface area contributed by atoms with Crippen LogP contribution < -0.4 is 0 Å². The normalized spacial score (nSPS) is 10.4. The molecule has 0 aromatic carbocycles. The smallest absolute Gasteiger partial charge is 0.165 e. The second kappa shape index (κ2) is 6.12. The van der Waals surface area contributed by atoms with Gasteiger partial charge in [-0.1, -0.05) is 37.9 Å². The summed E-state index contributed by atoms with van der Waals surface area (Å²) < 4.78 is 0. The van der Waals surface area contributed by atoms with Crippen molar-refractivity contribution in [3.63, 3.8) is 0 Å². The molecule has 0 aliphatic rings. The Balaban J connectivity index is 1.96. The Hall–Kier alpha value is -0.440. The molecule has 67 valence electrons. The van der Waals surface area contributed by atoms with E-state index in [9.17, 15) is 0 Å². The number of hydrogen-bond donors (Lipinski definition) is 1. The summed E-state index contributed by atoms with van der Waals surface area (Å²) >= 11 is 1.79. The van der Waals surface area contributed by atoms with Gasteiger partial charge in [-0.15, -0.1) is 0 Å². The van der Waals surface area contributed by atoms with Crippen LogP contribution in [0, 0.1) is 6.92 Å². The molecule has 1 rings (SSSR count). The van der Waals surface area contributed by atoms with Crippen molar-refractivity contribution in [1.29, 1.82) is 0 Å². The van der Waals surface area contributed by atoms with E-state index in [-0.39, 0.29) is 0 Å². The van der Waals surface area contributed by atoms with Gasteiger partial charge in [0.05, 0.1) is 0 Å². The van der Waals surface area contributed by atoms with Crippen LogP contribution in [0.4, 0.5) is 0 Å². The number of H-pyrrole nitrogens is 1. The molecule has 1 aromatic rings. The standard InChI is InChI=1S/C9H15N2S/c1-2-3-4-5-8-12-9-10-6-7-11-9/h6-7H,1-5,8H2,(H,10,11). The SMILES string of the molecule is [CH2]CCCCCSc1ncc[nH]1. The third kappa shape index (κ3) is 3.81. The quantitative estimate of drug-likeness (QED) is 0.542. The molecule has 0 spiro atoms. The number of thioether (sulfide) groups is 1. The summed E-state index contributed by atoms with van der Waals surface area (Å²) in [6, 6.07) is 0. The zero-order chi connectivity index (χ0) is 8.65. The van der Waals surface area contributed by atoms with E-state index in [0.717, 1.165) is 17.3 Å². The van der Waals surface area contributed by atoms with E-state index in [4.69, 9.17) is 0 Å². The first kappa shape index (κ1) is 9.65. The Morgan fingerprint density at radius 3 is 3.00 bits per heavy atom. The van der Waals surface area contributed by atoms with Gasteiger partial charge in [-0.3, -0.25) is 0 Å². The number of aromatic nitrogens is 2. The third-order valence-electron chi connectivity index (χ3n) is 1.61. The van der Waals surface area contributed by atoms with E-state index >= 15 is 0 Å². The maximum Gasteiger partial charge on any atom is 0.165 e. The first-order valence-corrected chi connectivity index (χ1v) is 5.33. The first-order valence-electron chi connectivity index (χ1n) is 4.35. The molecule has 12 heavy (non-hydrogen) atoms. The highest BCUT2D eigenvalue weighted by molar-refractivity contribution is 7.99. The largest absolute Gasteiger partial charge is 0.340 e. The van der Waals surface area contributed by atoms with Gasteiger partial charge in [0.15, 0.2) is 5.16 Å². The van der Waals surface area contributed by atoms with E-state index in [2.05, 4.69) is 16.9 Å². The lowest BCUT2D eigenvalue weighted by molar-refractivity contribution is 0.732. The Morgan fingerprint density at radius 2 is 2.33 bits per heavy atom. The van der Waals surface area contributed by atoms with Crippen LogP contribution in [0.3, 0.4) is 0 Å². The summed E-state index contributed by atoms with van der Waals surface area (Å²) in [6.45, 7) is 3.81. The van der Waals surface area contributed by atoms with Crippen LogP contribution >= 0.6 is 11.8 Å². The van der Waals surface area contributed by atoms with Crippen molar-refractivity contribution in [1.82, 2.24) is 9.97 Å². The highest BCUT2D eigenvalue weighted by atomic mass is 32.2. The van der Waals surface area contributed by atoms with E-state index in [1.54, 1.807) is 18.0 Å². The molecule has 1 aromatic heterocycles. The fraction of sp³-hybridized carbons (Fsp3) is 0.556. The predicted octanol–water partition coefficient (Wildman–Crippen LogP) is 2.90. The Kier molecular flexibility index (Phi) is 4.92. The van der Waals surface area contributed by atoms with Crippen molar-refractivity contribution >= 4 is 11.8 Å². The molecule has 0 unspecified atom stereocenters. The Labute approximate surface area is 78.2 Å². The number of aromatic amines is 1. The Morgan fingerprint density at radius 1 is 1.42 bits per heavy atom. The molecule has 0 amide bonds. The van der Waals surface area contributed by atoms with Gasteiger partial charge in [-0.05, 0) is 6.42 Å². The maximum absolute atomic E-state index is 4.13. The van der Waals surface area contributed by atoms with Crippen molar-refractivity contribution in [2.45, 2.75) is 30.8 Å². The lowest BCUT2D eigenvalue weighted by Gasteiger charge is -1.96. The van der Waals surface area contributed by atoms with Crippen molar-refractivity contribution < 1.29 is 0 Å². The fourth-order valence-corrected chi connectivity index (χ4v) is 1.78. The molecule has 0 fully saturated rings. The summed E-state index contributed by atoms with van der Waals surface area (Å²) in [5.41, 5.74) is 0. The molecule has 0 aliphatic carbocycles. The van der Waals surface area contributed by atoms with Crippen LogP contribution in [0.5, 0.6) is 0 Å². The summed E-state index contributed by atoms with van der Waals surface area (Å²) in [7, 11) is 0. The van der Waals surface area contributed by atoms with Crippen LogP contribution in [0.1, 0.15) is 25.7 Å². The second-order valence-corrected chi connectivity index (χ2v) is 3.74. The molecule has 1 heterocycles. The molecule has 0 saturated heterocycles. The monoisotopic (exact) mass is 183 g/mol. The number of hydrogen-bond acceptors (Lipinski definition) is 2. The zero-order valence-electron chi connectivity index (χ0n) is 7.25. The summed E-state index contributed by atoms with van der Waals surface area (Å²) in [6.07, 6.45) is 8.51. The highest BCUT2D eigenvalue weighted by Crippen LogP contribution is 2.14. The van der Waals surface area contributed by atoms with Crippen LogP contribution in [0.25, 0.3) is 0 Å². The van der Waals surface area contributed by atoms with E-state index in [1.807, 2.05) is 6.20 Å².